The Hall–Kier alpha value is -4.11. The van der Waals surface area contributed by atoms with Gasteiger partial charge in [-0.25, -0.2) is 87.8 Å². The molecule has 0 fully saturated rings. The Kier molecular flexibility index (Phi) is 20.9. The normalized spacial score (nSPS) is 11.7. The summed E-state index contributed by atoms with van der Waals surface area (Å²) in [6.45, 7) is 2.30. The monoisotopic (exact) mass is 980 g/mol. The van der Waals surface area contributed by atoms with Crippen molar-refractivity contribution in [1.82, 2.24) is 0 Å². The number of benzene rings is 4. The summed E-state index contributed by atoms with van der Waals surface area (Å²) >= 11 is 1.58. The van der Waals surface area contributed by atoms with Gasteiger partial charge in [0.15, 0.2) is 69.8 Å². The average Bonchev–Trinajstić information content (AvgIpc) is 3.29. The third kappa shape index (κ3) is 11.4. The van der Waals surface area contributed by atoms with Gasteiger partial charge in [-0.15, -0.1) is 21.9 Å². The fraction of sp³-hybridized carbons (Fsp3) is 0.442. The van der Waals surface area contributed by atoms with E-state index in [0.717, 1.165) is 0 Å². The average molecular weight is 981 g/mol. The van der Waals surface area contributed by atoms with Crippen LogP contribution in [0.4, 0.5) is 87.8 Å². The number of rotatable bonds is 21. The molecule has 0 atom stereocenters. The zero-order valence-electron chi connectivity index (χ0n) is 34.6. The molecule has 65 heavy (non-hydrogen) atoms. The summed E-state index contributed by atoms with van der Waals surface area (Å²) in [4.78, 5) is 0. The van der Waals surface area contributed by atoms with Crippen LogP contribution in [0, 0.1) is 116 Å². The minimum absolute atomic E-state index is 1.37. The Bertz CT molecular complexity index is 1880. The lowest BCUT2D eigenvalue weighted by atomic mass is 9.12. The number of hydrogen-bond acceptors (Lipinski definition) is 0. The van der Waals surface area contributed by atoms with Crippen LogP contribution in [0.3, 0.4) is 0 Å². The van der Waals surface area contributed by atoms with Crippen molar-refractivity contribution in [1.29, 1.82) is 0 Å². The van der Waals surface area contributed by atoms with Crippen molar-refractivity contribution in [3.8, 4) is 0 Å². The lowest BCUT2D eigenvalue weighted by Crippen LogP contribution is -2.81. The van der Waals surface area contributed by atoms with Crippen molar-refractivity contribution in [3.63, 3.8) is 0 Å². The Morgan fingerprint density at radius 3 is 0.569 bits per heavy atom. The van der Waals surface area contributed by atoms with Crippen LogP contribution >= 0.6 is 0 Å². The molecule has 0 spiro atoms. The van der Waals surface area contributed by atoms with Crippen LogP contribution in [0.5, 0.6) is 0 Å². The first-order valence-corrected chi connectivity index (χ1v) is 21.9. The molecule has 0 saturated heterocycles. The highest BCUT2D eigenvalue weighted by Gasteiger charge is 2.52. The predicted molar refractivity (Wildman–Crippen MR) is 208 cm³/mol. The first-order chi connectivity index (χ1) is 30.6. The van der Waals surface area contributed by atoms with E-state index in [9.17, 15) is 52.7 Å². The van der Waals surface area contributed by atoms with E-state index >= 15 is 35.1 Å². The minimum atomic E-state index is -7.22. The third-order valence-electron chi connectivity index (χ3n) is 10.9. The lowest BCUT2D eigenvalue weighted by molar-refractivity contribution is 0.378. The van der Waals surface area contributed by atoms with Gasteiger partial charge in [0.25, 0.3) is 0 Å². The van der Waals surface area contributed by atoms with Gasteiger partial charge in [0.2, 0.25) is 0 Å². The number of thiol groups is 1. The maximum atomic E-state index is 15.4. The largest absolute Gasteiger partial charge is 0.207 e. The van der Waals surface area contributed by atoms with Crippen molar-refractivity contribution in [2.24, 2.45) is 0 Å². The maximum Gasteiger partial charge on any atom is 0.200 e. The Labute approximate surface area is 365 Å². The predicted octanol–water partition coefficient (Wildman–Crippen LogP) is 12.5. The topological polar surface area (TPSA) is 0 Å². The molecule has 0 amide bonds. The van der Waals surface area contributed by atoms with Gasteiger partial charge in [0, 0.05) is 0 Å². The summed E-state index contributed by atoms with van der Waals surface area (Å²) in [7, 11) is 0. The van der Waals surface area contributed by atoms with E-state index in [1.807, 2.05) is 0 Å². The quantitative estimate of drug-likeness (QED) is 0.0148. The Morgan fingerprint density at radius 1 is 0.246 bits per heavy atom. The molecule has 4 aromatic carbocycles. The van der Waals surface area contributed by atoms with Crippen LogP contribution in [-0.2, 0) is 11.8 Å². The number of hydrogen-bond donors (Lipinski definition) is 0. The van der Waals surface area contributed by atoms with E-state index in [1.54, 1.807) is 11.8 Å². The fourth-order valence-corrected chi connectivity index (χ4v) is 8.23. The van der Waals surface area contributed by atoms with Gasteiger partial charge in [-0.3, -0.25) is 0 Å². The molecule has 0 unspecified atom stereocenters. The van der Waals surface area contributed by atoms with Gasteiger partial charge >= 0.3 is 0 Å². The van der Waals surface area contributed by atoms with Crippen LogP contribution < -0.4 is 21.9 Å². The number of halogens is 20. The highest BCUT2D eigenvalue weighted by Crippen LogP contribution is 2.31. The first kappa shape index (κ1) is 55.2. The summed E-state index contributed by atoms with van der Waals surface area (Å²) in [5.41, 5.74) is -14.3. The standard InChI is InChI=1S/C24BF20.C19H40S/c26-5-1(6(27)14(35)21(42)13(5)34)25(2-7(28)15(36)22(43)16(37)8(2)29,3-9(30)17(38)23(44)18(39)10(3)31)4-11(32)19(40)24(45)20(41)12(4)33;1-3-4-5-6-7-8-9-10-11-12-13-14-15-16-17-18-19-20-2/h;3-19H2,1-2H3/q-1;/p+1. The van der Waals surface area contributed by atoms with E-state index in [-0.39, 0.29) is 0 Å². The minimum Gasteiger partial charge on any atom is -0.207 e. The van der Waals surface area contributed by atoms with Gasteiger partial charge in [-0.1, -0.05) is 96.8 Å². The smallest absolute Gasteiger partial charge is 0.200 e. The number of unbranched alkanes of at least 4 members (excludes halogenated alkanes) is 15. The van der Waals surface area contributed by atoms with E-state index in [1.165, 1.54) is 108 Å². The van der Waals surface area contributed by atoms with E-state index in [0.29, 0.717) is 0 Å². The molecule has 0 radical (unpaired) electrons. The van der Waals surface area contributed by atoms with E-state index < -0.39 is 144 Å². The summed E-state index contributed by atoms with van der Waals surface area (Å²) in [5, 5.41) is 0. The van der Waals surface area contributed by atoms with Crippen molar-refractivity contribution in [2.45, 2.75) is 110 Å². The van der Waals surface area contributed by atoms with Crippen molar-refractivity contribution in [2.75, 3.05) is 12.0 Å². The summed E-state index contributed by atoms with van der Waals surface area (Å²) < 4.78 is 294. The molecule has 22 heteroatoms. The third-order valence-corrected chi connectivity index (χ3v) is 11.7. The van der Waals surface area contributed by atoms with Crippen LogP contribution in [0.25, 0.3) is 0 Å². The molecule has 0 heterocycles. The van der Waals surface area contributed by atoms with Crippen LogP contribution in [-0.4, -0.2) is 18.2 Å². The Morgan fingerprint density at radius 2 is 0.400 bits per heavy atom. The van der Waals surface area contributed by atoms with Gasteiger partial charge in [0.1, 0.15) is 58.4 Å². The molecule has 362 valence electrons. The second kappa shape index (κ2) is 24.6. The van der Waals surface area contributed by atoms with Gasteiger partial charge < -0.3 is 0 Å². The molecule has 4 aromatic rings. The maximum absolute atomic E-state index is 15.4. The molecular formula is C43H41BF20S. The molecule has 0 aliphatic heterocycles. The van der Waals surface area contributed by atoms with Gasteiger partial charge in [-0.05, 0) is 24.6 Å². The SMILES string of the molecule is CCCCCCCCCCCCCCCCCC[SH+]C.Fc1c(F)c(F)c([B-](c2c(F)c(F)c(F)c(F)c2F)(c2c(F)c(F)c(F)c(F)c2F)c2c(F)c(F)c(F)c(F)c2F)c(F)c1F. The van der Waals surface area contributed by atoms with Gasteiger partial charge in [0.05, 0.1) is 6.26 Å². The first-order valence-electron chi connectivity index (χ1n) is 20.4. The molecule has 0 N–H and O–H groups in total. The molecule has 0 aromatic heterocycles. The lowest BCUT2D eigenvalue weighted by Gasteiger charge is -2.44. The second-order valence-electron chi connectivity index (χ2n) is 15.1. The zero-order chi connectivity index (χ0) is 49.1. The molecular weight excluding hydrogens is 939 g/mol. The van der Waals surface area contributed by atoms with Crippen LogP contribution in [0.1, 0.15) is 110 Å². The molecule has 0 aliphatic rings. The van der Waals surface area contributed by atoms with Crippen molar-refractivity contribution in [3.05, 3.63) is 116 Å². The summed E-state index contributed by atoms with van der Waals surface area (Å²) in [6, 6.07) is 0. The van der Waals surface area contributed by atoms with Gasteiger partial charge in [-0.2, -0.15) is 0 Å². The summed E-state index contributed by atoms with van der Waals surface area (Å²) in [5.74, 6) is -70.0. The highest BCUT2D eigenvalue weighted by atomic mass is 32.2. The second-order valence-corrected chi connectivity index (χ2v) is 16.2. The van der Waals surface area contributed by atoms with E-state index in [4.69, 9.17) is 0 Å². The van der Waals surface area contributed by atoms with Crippen LogP contribution in [0.2, 0.25) is 0 Å². The van der Waals surface area contributed by atoms with Crippen LogP contribution in [0.15, 0.2) is 0 Å². The highest BCUT2D eigenvalue weighted by molar-refractivity contribution is 7.77. The van der Waals surface area contributed by atoms with E-state index in [2.05, 4.69) is 13.2 Å². The molecule has 0 nitrogen and oxygen atoms in total. The summed E-state index contributed by atoms with van der Waals surface area (Å²) in [6.07, 6.45) is 18.6. The molecule has 0 bridgehead atoms. The zero-order valence-corrected chi connectivity index (χ0v) is 35.5. The fourth-order valence-electron chi connectivity index (χ4n) is 7.69. The molecule has 4 rings (SSSR count). The molecule has 0 aliphatic carbocycles. The Balaban J connectivity index is 0.000000473. The van der Waals surface area contributed by atoms with Crippen molar-refractivity contribution < 1.29 is 87.8 Å². The van der Waals surface area contributed by atoms with Crippen molar-refractivity contribution >= 4 is 39.8 Å². The molecule has 0 saturated carbocycles.